The van der Waals surface area contributed by atoms with E-state index in [9.17, 15) is 8.42 Å². The maximum Gasteiger partial charge on any atom is 0.244 e. The second-order valence-electron chi connectivity index (χ2n) is 4.64. The van der Waals surface area contributed by atoms with Crippen molar-refractivity contribution in [2.75, 3.05) is 25.7 Å². The number of hydrogen-bond acceptors (Lipinski definition) is 5. The Hall–Kier alpha value is -0.760. The minimum Gasteiger partial charge on any atom is -0.495 e. The lowest BCUT2D eigenvalue weighted by molar-refractivity contribution is 0.401. The van der Waals surface area contributed by atoms with Gasteiger partial charge in [-0.25, -0.2) is 13.1 Å². The van der Waals surface area contributed by atoms with Crippen LogP contribution in [0.5, 0.6) is 5.75 Å². The predicted octanol–water partition coefficient (Wildman–Crippen LogP) is 1.97. The molecule has 0 fully saturated rings. The summed E-state index contributed by atoms with van der Waals surface area (Å²) in [6, 6.07) is 4.90. The molecule has 0 spiro atoms. The Morgan fingerprint density at radius 1 is 1.29 bits per heavy atom. The Morgan fingerprint density at radius 2 is 2.05 bits per heavy atom. The molecule has 1 rings (SSSR count). The van der Waals surface area contributed by atoms with Gasteiger partial charge in [0.25, 0.3) is 0 Å². The maximum absolute atomic E-state index is 12.3. The fraction of sp³-hybridized carbons (Fsp3) is 0.571. The Labute approximate surface area is 131 Å². The molecule has 0 atom stereocenters. The van der Waals surface area contributed by atoms with Crippen LogP contribution in [0.2, 0.25) is 0 Å². The highest BCUT2D eigenvalue weighted by molar-refractivity contribution is 7.98. The van der Waals surface area contributed by atoms with Crippen LogP contribution in [-0.2, 0) is 16.6 Å². The molecule has 0 amide bonds. The second-order valence-corrected chi connectivity index (χ2v) is 7.36. The van der Waals surface area contributed by atoms with E-state index >= 15 is 0 Å². The lowest BCUT2D eigenvalue weighted by atomic mass is 10.2. The average Bonchev–Trinajstić information content (AvgIpc) is 2.50. The molecule has 0 aromatic heterocycles. The highest BCUT2D eigenvalue weighted by Crippen LogP contribution is 2.24. The first-order chi connectivity index (χ1) is 10.0. The Morgan fingerprint density at radius 3 is 2.67 bits per heavy atom. The van der Waals surface area contributed by atoms with E-state index in [1.165, 1.54) is 13.2 Å². The number of thioether (sulfide) groups is 1. The van der Waals surface area contributed by atoms with Crippen LogP contribution >= 0.6 is 11.8 Å². The standard InChI is InChI=1S/C14H24N2O3S2/c1-19-13-10-12(11-15)6-7-14(13)21(17,18)16-8-4-3-5-9-20-2/h6-7,10,16H,3-5,8-9,11,15H2,1-2H3. The number of benzene rings is 1. The lowest BCUT2D eigenvalue weighted by Crippen LogP contribution is -2.25. The summed E-state index contributed by atoms with van der Waals surface area (Å²) in [6.45, 7) is 0.790. The zero-order valence-electron chi connectivity index (χ0n) is 12.6. The topological polar surface area (TPSA) is 81.4 Å². The monoisotopic (exact) mass is 332 g/mol. The van der Waals surface area contributed by atoms with Crippen LogP contribution < -0.4 is 15.2 Å². The Bertz CT molecular complexity index is 533. The molecule has 7 heteroatoms. The zero-order valence-corrected chi connectivity index (χ0v) is 14.2. The van der Waals surface area contributed by atoms with Gasteiger partial charge in [-0.1, -0.05) is 12.5 Å². The summed E-state index contributed by atoms with van der Waals surface area (Å²) in [5.74, 6) is 1.44. The fourth-order valence-corrected chi connectivity index (χ4v) is 3.61. The number of ether oxygens (including phenoxy) is 1. The first-order valence-electron chi connectivity index (χ1n) is 6.90. The van der Waals surface area contributed by atoms with Crippen molar-refractivity contribution in [2.24, 2.45) is 5.73 Å². The van der Waals surface area contributed by atoms with E-state index in [0.29, 0.717) is 18.8 Å². The van der Waals surface area contributed by atoms with E-state index in [1.54, 1.807) is 23.9 Å². The summed E-state index contributed by atoms with van der Waals surface area (Å²) in [6.07, 6.45) is 5.03. The van der Waals surface area contributed by atoms with E-state index in [0.717, 1.165) is 30.6 Å². The molecule has 120 valence electrons. The van der Waals surface area contributed by atoms with Crippen molar-refractivity contribution >= 4 is 21.8 Å². The van der Waals surface area contributed by atoms with Crippen molar-refractivity contribution < 1.29 is 13.2 Å². The van der Waals surface area contributed by atoms with Crippen LogP contribution in [0.4, 0.5) is 0 Å². The fourth-order valence-electron chi connectivity index (χ4n) is 1.89. The maximum atomic E-state index is 12.3. The number of methoxy groups -OCH3 is 1. The van der Waals surface area contributed by atoms with E-state index in [2.05, 4.69) is 11.0 Å². The van der Waals surface area contributed by atoms with Gasteiger partial charge in [-0.3, -0.25) is 0 Å². The van der Waals surface area contributed by atoms with Gasteiger partial charge in [0, 0.05) is 13.1 Å². The van der Waals surface area contributed by atoms with E-state index in [-0.39, 0.29) is 4.90 Å². The van der Waals surface area contributed by atoms with Gasteiger partial charge in [0.1, 0.15) is 10.6 Å². The first kappa shape index (κ1) is 18.3. The normalized spacial score (nSPS) is 11.6. The Balaban J connectivity index is 2.65. The van der Waals surface area contributed by atoms with Gasteiger partial charge in [-0.15, -0.1) is 0 Å². The summed E-state index contributed by atoms with van der Waals surface area (Å²) < 4.78 is 32.3. The molecule has 0 unspecified atom stereocenters. The quantitative estimate of drug-likeness (QED) is 0.640. The highest BCUT2D eigenvalue weighted by atomic mass is 32.2. The minimum absolute atomic E-state index is 0.159. The van der Waals surface area contributed by atoms with Crippen LogP contribution in [0, 0.1) is 0 Å². The van der Waals surface area contributed by atoms with Crippen molar-refractivity contribution in [1.82, 2.24) is 4.72 Å². The molecule has 0 aliphatic heterocycles. The van der Waals surface area contributed by atoms with Gasteiger partial charge >= 0.3 is 0 Å². The zero-order chi connectivity index (χ0) is 15.7. The molecule has 1 aromatic carbocycles. The van der Waals surface area contributed by atoms with E-state index < -0.39 is 10.0 Å². The van der Waals surface area contributed by atoms with Gasteiger partial charge in [-0.05, 0) is 42.5 Å². The number of nitrogens with two attached hydrogens (primary N) is 1. The molecule has 0 aliphatic carbocycles. The molecule has 0 aliphatic rings. The highest BCUT2D eigenvalue weighted by Gasteiger charge is 2.19. The van der Waals surface area contributed by atoms with Gasteiger partial charge in [0.15, 0.2) is 0 Å². The summed E-state index contributed by atoms with van der Waals surface area (Å²) in [5.41, 5.74) is 6.38. The summed E-state index contributed by atoms with van der Waals surface area (Å²) in [7, 11) is -2.09. The third kappa shape index (κ3) is 5.86. The largest absolute Gasteiger partial charge is 0.495 e. The third-order valence-corrected chi connectivity index (χ3v) is 5.27. The molecular formula is C14H24N2O3S2. The van der Waals surface area contributed by atoms with Gasteiger partial charge in [-0.2, -0.15) is 11.8 Å². The summed E-state index contributed by atoms with van der Waals surface area (Å²) >= 11 is 1.81. The lowest BCUT2D eigenvalue weighted by Gasteiger charge is -2.12. The van der Waals surface area contributed by atoms with Gasteiger partial charge in [0.05, 0.1) is 7.11 Å². The van der Waals surface area contributed by atoms with Gasteiger partial charge in [0.2, 0.25) is 10.0 Å². The molecule has 1 aromatic rings. The number of hydrogen-bond donors (Lipinski definition) is 2. The van der Waals surface area contributed by atoms with E-state index in [4.69, 9.17) is 10.5 Å². The molecule has 0 radical (unpaired) electrons. The van der Waals surface area contributed by atoms with Gasteiger partial charge < -0.3 is 10.5 Å². The smallest absolute Gasteiger partial charge is 0.244 e. The summed E-state index contributed by atoms with van der Waals surface area (Å²) in [5, 5.41) is 0. The van der Waals surface area contributed by atoms with Crippen molar-refractivity contribution in [1.29, 1.82) is 0 Å². The molecule has 3 N–H and O–H groups in total. The molecule has 0 saturated carbocycles. The molecular weight excluding hydrogens is 308 g/mol. The van der Waals surface area contributed by atoms with Crippen LogP contribution in [-0.4, -0.2) is 34.1 Å². The van der Waals surface area contributed by atoms with Crippen molar-refractivity contribution in [3.8, 4) is 5.75 Å². The van der Waals surface area contributed by atoms with E-state index in [1.807, 2.05) is 0 Å². The first-order valence-corrected chi connectivity index (χ1v) is 9.78. The van der Waals surface area contributed by atoms with Crippen LogP contribution in [0.1, 0.15) is 24.8 Å². The molecule has 5 nitrogen and oxygen atoms in total. The van der Waals surface area contributed by atoms with Crippen LogP contribution in [0.25, 0.3) is 0 Å². The number of sulfonamides is 1. The van der Waals surface area contributed by atoms with Crippen molar-refractivity contribution in [3.05, 3.63) is 23.8 Å². The number of nitrogens with one attached hydrogen (secondary N) is 1. The van der Waals surface area contributed by atoms with Crippen molar-refractivity contribution in [3.63, 3.8) is 0 Å². The second kappa shape index (κ2) is 9.30. The number of rotatable bonds is 10. The molecule has 0 saturated heterocycles. The molecule has 21 heavy (non-hydrogen) atoms. The Kier molecular flexibility index (Phi) is 8.10. The molecule has 0 bridgehead atoms. The minimum atomic E-state index is -3.54. The SMILES string of the molecule is COc1cc(CN)ccc1S(=O)(=O)NCCCCCSC. The van der Waals surface area contributed by atoms with Crippen LogP contribution in [0.3, 0.4) is 0 Å². The average molecular weight is 332 g/mol. The van der Waals surface area contributed by atoms with Crippen LogP contribution in [0.15, 0.2) is 23.1 Å². The summed E-state index contributed by atoms with van der Waals surface area (Å²) in [4.78, 5) is 0.159. The predicted molar refractivity (Wildman–Crippen MR) is 88.3 cm³/mol. The number of unbranched alkanes of at least 4 members (excludes halogenated alkanes) is 2. The molecule has 0 heterocycles. The van der Waals surface area contributed by atoms with Crippen molar-refractivity contribution in [2.45, 2.75) is 30.7 Å². The third-order valence-electron chi connectivity index (χ3n) is 3.07.